The lowest BCUT2D eigenvalue weighted by molar-refractivity contribution is -0.141. The molecule has 0 saturated carbocycles. The largest absolute Gasteiger partial charge is 0.435 e. The van der Waals surface area contributed by atoms with Crippen molar-refractivity contribution in [2.45, 2.75) is 25.6 Å². The van der Waals surface area contributed by atoms with Gasteiger partial charge in [0.1, 0.15) is 11.6 Å². The molecule has 1 atom stereocenters. The topological polar surface area (TPSA) is 29.9 Å². The fourth-order valence-electron chi connectivity index (χ4n) is 2.49. The van der Waals surface area contributed by atoms with Crippen LogP contribution in [0.2, 0.25) is 0 Å². The Morgan fingerprint density at radius 1 is 1.29 bits per heavy atom. The average Bonchev–Trinajstić information content (AvgIpc) is 2.86. The molecule has 1 N–H and O–H groups in total. The van der Waals surface area contributed by atoms with Crippen molar-refractivity contribution in [3.05, 3.63) is 46.9 Å². The van der Waals surface area contributed by atoms with Gasteiger partial charge in [-0.1, -0.05) is 12.1 Å². The number of nitrogens with one attached hydrogen (secondary N) is 1. The van der Waals surface area contributed by atoms with Crippen LogP contribution in [0.15, 0.2) is 24.3 Å². The van der Waals surface area contributed by atoms with Crippen LogP contribution < -0.4 is 5.32 Å². The molecule has 7 heteroatoms. The summed E-state index contributed by atoms with van der Waals surface area (Å²) in [6, 6.07) is 5.31. The molecule has 0 amide bonds. The van der Waals surface area contributed by atoms with E-state index in [1.807, 2.05) is 0 Å². The molecule has 1 aromatic carbocycles. The first-order valence-corrected chi connectivity index (χ1v) is 6.53. The van der Waals surface area contributed by atoms with Crippen LogP contribution in [0.5, 0.6) is 0 Å². The lowest BCUT2D eigenvalue weighted by Gasteiger charge is -2.26. The Hall–Kier alpha value is -2.05. The summed E-state index contributed by atoms with van der Waals surface area (Å²) in [6.45, 7) is 2.16. The standard InChI is InChI=1S/C14H13F4N3/c1-8-2-3-9(6-10(8)15)11-4-5-19-13-7-12(14(16,17)18)20-21(11)13/h2-3,6-7,11,19H,4-5H2,1H3. The van der Waals surface area contributed by atoms with Crippen LogP contribution in [0.1, 0.15) is 29.3 Å². The Labute approximate surface area is 118 Å². The van der Waals surface area contributed by atoms with Gasteiger partial charge in [0.15, 0.2) is 5.69 Å². The zero-order chi connectivity index (χ0) is 15.2. The molecule has 0 radical (unpaired) electrons. The van der Waals surface area contributed by atoms with Crippen molar-refractivity contribution >= 4 is 5.82 Å². The number of nitrogens with zero attached hydrogens (tertiary/aromatic N) is 2. The molecule has 2 heterocycles. The van der Waals surface area contributed by atoms with Gasteiger partial charge in [-0.05, 0) is 30.5 Å². The lowest BCUT2D eigenvalue weighted by atomic mass is 10.0. The summed E-state index contributed by atoms with van der Waals surface area (Å²) >= 11 is 0. The molecule has 0 fully saturated rings. The zero-order valence-electron chi connectivity index (χ0n) is 11.2. The monoisotopic (exact) mass is 299 g/mol. The van der Waals surface area contributed by atoms with Crippen molar-refractivity contribution in [1.82, 2.24) is 9.78 Å². The van der Waals surface area contributed by atoms with Gasteiger partial charge in [0.05, 0.1) is 6.04 Å². The maximum atomic E-state index is 13.7. The molecule has 21 heavy (non-hydrogen) atoms. The Bertz CT molecular complexity index is 675. The Morgan fingerprint density at radius 3 is 2.71 bits per heavy atom. The first kappa shape index (κ1) is 13.9. The van der Waals surface area contributed by atoms with E-state index in [0.29, 0.717) is 29.9 Å². The quantitative estimate of drug-likeness (QED) is 0.813. The first-order chi connectivity index (χ1) is 9.86. The van der Waals surface area contributed by atoms with E-state index >= 15 is 0 Å². The number of aromatic nitrogens is 2. The lowest BCUT2D eigenvalue weighted by Crippen LogP contribution is -2.24. The van der Waals surface area contributed by atoms with Crippen molar-refractivity contribution in [2.75, 3.05) is 11.9 Å². The maximum Gasteiger partial charge on any atom is 0.435 e. The second-order valence-electron chi connectivity index (χ2n) is 5.10. The molecule has 0 bridgehead atoms. The third-order valence-electron chi connectivity index (χ3n) is 3.63. The summed E-state index contributed by atoms with van der Waals surface area (Å²) in [5, 5.41) is 6.53. The molecule has 0 spiro atoms. The van der Waals surface area contributed by atoms with Gasteiger partial charge in [0, 0.05) is 12.6 Å². The number of benzene rings is 1. The van der Waals surface area contributed by atoms with E-state index in [2.05, 4.69) is 10.4 Å². The van der Waals surface area contributed by atoms with E-state index in [4.69, 9.17) is 0 Å². The average molecular weight is 299 g/mol. The van der Waals surface area contributed by atoms with E-state index in [1.165, 1.54) is 10.7 Å². The normalized spacial score (nSPS) is 18.2. The van der Waals surface area contributed by atoms with Crippen LogP contribution in [0.3, 0.4) is 0 Å². The highest BCUT2D eigenvalue weighted by Gasteiger charge is 2.36. The van der Waals surface area contributed by atoms with Crippen molar-refractivity contribution < 1.29 is 17.6 Å². The summed E-state index contributed by atoms with van der Waals surface area (Å²) in [6.07, 6.45) is -3.94. The van der Waals surface area contributed by atoms with Crippen LogP contribution in [-0.2, 0) is 6.18 Å². The first-order valence-electron chi connectivity index (χ1n) is 6.53. The molecular formula is C14H13F4N3. The molecule has 112 valence electrons. The van der Waals surface area contributed by atoms with Gasteiger partial charge in [0.25, 0.3) is 0 Å². The summed E-state index contributed by atoms with van der Waals surface area (Å²) in [5.74, 6) is -0.0599. The molecular weight excluding hydrogens is 286 g/mol. The molecule has 0 aliphatic carbocycles. The number of aryl methyl sites for hydroxylation is 1. The third-order valence-corrected chi connectivity index (χ3v) is 3.63. The highest BCUT2D eigenvalue weighted by atomic mass is 19.4. The minimum Gasteiger partial charge on any atom is -0.370 e. The highest BCUT2D eigenvalue weighted by molar-refractivity contribution is 5.42. The molecule has 1 unspecified atom stereocenters. The summed E-state index contributed by atoms with van der Waals surface area (Å²) < 4.78 is 53.2. The minimum absolute atomic E-state index is 0.305. The van der Waals surface area contributed by atoms with E-state index in [9.17, 15) is 17.6 Å². The second-order valence-corrected chi connectivity index (χ2v) is 5.10. The third kappa shape index (κ3) is 2.48. The summed E-state index contributed by atoms with van der Waals surface area (Å²) in [5.41, 5.74) is 0.187. The number of hydrogen-bond acceptors (Lipinski definition) is 2. The number of anilines is 1. The predicted molar refractivity (Wildman–Crippen MR) is 69.6 cm³/mol. The van der Waals surface area contributed by atoms with Gasteiger partial charge in [0.2, 0.25) is 0 Å². The number of rotatable bonds is 1. The highest BCUT2D eigenvalue weighted by Crippen LogP contribution is 2.35. The van der Waals surface area contributed by atoms with Crippen LogP contribution >= 0.6 is 0 Å². The van der Waals surface area contributed by atoms with Crippen molar-refractivity contribution in [1.29, 1.82) is 0 Å². The van der Waals surface area contributed by atoms with Crippen LogP contribution in [0.25, 0.3) is 0 Å². The van der Waals surface area contributed by atoms with Gasteiger partial charge in [-0.2, -0.15) is 18.3 Å². The molecule has 0 saturated heterocycles. The van der Waals surface area contributed by atoms with Gasteiger partial charge in [-0.25, -0.2) is 9.07 Å². The molecule has 3 rings (SSSR count). The SMILES string of the molecule is Cc1ccc(C2CCNc3cc(C(F)(F)F)nn32)cc1F. The summed E-state index contributed by atoms with van der Waals surface area (Å²) in [7, 11) is 0. The van der Waals surface area contributed by atoms with Gasteiger partial charge < -0.3 is 5.32 Å². The smallest absolute Gasteiger partial charge is 0.370 e. The van der Waals surface area contributed by atoms with Gasteiger partial charge in [-0.15, -0.1) is 0 Å². The zero-order valence-corrected chi connectivity index (χ0v) is 11.2. The maximum absolute atomic E-state index is 13.7. The Kier molecular flexibility index (Phi) is 3.15. The molecule has 1 aliphatic heterocycles. The fraction of sp³-hybridized carbons (Fsp3) is 0.357. The van der Waals surface area contributed by atoms with Crippen LogP contribution in [0.4, 0.5) is 23.4 Å². The van der Waals surface area contributed by atoms with Gasteiger partial charge in [-0.3, -0.25) is 0 Å². The Morgan fingerprint density at radius 2 is 2.05 bits per heavy atom. The number of fused-ring (bicyclic) bond motifs is 1. The molecule has 3 nitrogen and oxygen atoms in total. The van der Waals surface area contributed by atoms with E-state index in [0.717, 1.165) is 6.07 Å². The predicted octanol–water partition coefficient (Wildman–Crippen LogP) is 3.75. The molecule has 1 aromatic heterocycles. The number of alkyl halides is 3. The summed E-state index contributed by atoms with van der Waals surface area (Å²) in [4.78, 5) is 0. The van der Waals surface area contributed by atoms with E-state index in [1.54, 1.807) is 19.1 Å². The van der Waals surface area contributed by atoms with Gasteiger partial charge >= 0.3 is 6.18 Å². The van der Waals surface area contributed by atoms with Crippen LogP contribution in [0, 0.1) is 12.7 Å². The van der Waals surface area contributed by atoms with E-state index in [-0.39, 0.29) is 5.82 Å². The van der Waals surface area contributed by atoms with Crippen LogP contribution in [-0.4, -0.2) is 16.3 Å². The Balaban J connectivity index is 2.03. The second kappa shape index (κ2) is 4.75. The number of hydrogen-bond donors (Lipinski definition) is 1. The molecule has 1 aliphatic rings. The number of halogens is 4. The minimum atomic E-state index is -4.49. The van der Waals surface area contributed by atoms with Crippen molar-refractivity contribution in [3.63, 3.8) is 0 Å². The van der Waals surface area contributed by atoms with Crippen molar-refractivity contribution in [3.8, 4) is 0 Å². The van der Waals surface area contributed by atoms with Crippen molar-refractivity contribution in [2.24, 2.45) is 0 Å². The molecule has 2 aromatic rings. The van der Waals surface area contributed by atoms with E-state index < -0.39 is 17.9 Å². The fourth-order valence-corrected chi connectivity index (χ4v) is 2.49.